The van der Waals surface area contributed by atoms with Gasteiger partial charge in [0.15, 0.2) is 11.6 Å². The van der Waals surface area contributed by atoms with Crippen molar-refractivity contribution in [3.8, 4) is 5.75 Å². The highest BCUT2D eigenvalue weighted by molar-refractivity contribution is 5.66. The number of β-amino-alcohol motifs (C(OH)–C–C–N with tert-alkyl or cyclic N) is 1. The minimum atomic E-state index is -1.08. The molecule has 0 bridgehead atoms. The fourth-order valence-corrected chi connectivity index (χ4v) is 5.26. The number of rotatable bonds is 15. The maximum Gasteiger partial charge on any atom is 0.303 e. The van der Waals surface area contributed by atoms with Gasteiger partial charge in [0.05, 0.1) is 0 Å². The van der Waals surface area contributed by atoms with Gasteiger partial charge in [-0.3, -0.25) is 4.79 Å². The molecule has 36 heavy (non-hydrogen) atoms. The second kappa shape index (κ2) is 13.2. The lowest BCUT2D eigenvalue weighted by molar-refractivity contribution is -0.137. The van der Waals surface area contributed by atoms with Crippen LogP contribution >= 0.6 is 0 Å². The molecule has 0 unspecified atom stereocenters. The number of fused-ring (bicyclic) bond motifs is 1. The number of unbranched alkanes of at least 4 members (excludes halogenated alkanes) is 1. The summed E-state index contributed by atoms with van der Waals surface area (Å²) in [7, 11) is 0. The number of hydrogen-bond donors (Lipinski definition) is 3. The monoisotopic (exact) mass is 503 g/mol. The average molecular weight is 504 g/mol. The number of benzene rings is 2. The van der Waals surface area contributed by atoms with E-state index in [2.05, 4.69) is 43.4 Å². The van der Waals surface area contributed by atoms with E-state index in [4.69, 9.17) is 9.84 Å². The van der Waals surface area contributed by atoms with E-state index in [1.807, 2.05) is 0 Å². The Morgan fingerprint density at radius 2 is 1.81 bits per heavy atom. The number of carboxylic acid groups (broad SMARTS) is 1. The number of aryl methyl sites for hydroxylation is 1. The maximum absolute atomic E-state index is 14.3. The Morgan fingerprint density at radius 3 is 2.42 bits per heavy atom. The number of ether oxygens (including phenoxy) is 1. The Labute approximate surface area is 212 Å². The maximum atomic E-state index is 14.3. The van der Waals surface area contributed by atoms with Crippen molar-refractivity contribution in [3.05, 3.63) is 64.7 Å². The number of nitrogens with one attached hydrogen (secondary N) is 1. The first-order valence-electron chi connectivity index (χ1n) is 13.1. The van der Waals surface area contributed by atoms with E-state index in [1.165, 1.54) is 17.2 Å². The smallest absolute Gasteiger partial charge is 0.303 e. The van der Waals surface area contributed by atoms with Crippen LogP contribution in [0.4, 0.5) is 8.78 Å². The zero-order valence-electron chi connectivity index (χ0n) is 21.4. The first-order valence-corrected chi connectivity index (χ1v) is 13.1. The summed E-state index contributed by atoms with van der Waals surface area (Å²) in [5, 5.41) is 22.9. The summed E-state index contributed by atoms with van der Waals surface area (Å²) >= 11 is 0. The molecule has 198 valence electrons. The molecule has 2 aromatic rings. The first kappa shape index (κ1) is 28.1. The molecule has 0 amide bonds. The molecule has 5 nitrogen and oxygen atoms in total. The first-order chi connectivity index (χ1) is 17.2. The average Bonchev–Trinajstić information content (AvgIpc) is 3.27. The number of aliphatic hydroxyl groups is 1. The molecule has 0 fully saturated rings. The third kappa shape index (κ3) is 7.74. The van der Waals surface area contributed by atoms with Crippen molar-refractivity contribution in [2.75, 3.05) is 13.2 Å². The van der Waals surface area contributed by atoms with E-state index < -0.39 is 23.7 Å². The minimum absolute atomic E-state index is 0.0386. The van der Waals surface area contributed by atoms with Gasteiger partial charge in [-0.2, -0.15) is 4.39 Å². The van der Waals surface area contributed by atoms with Crippen LogP contribution in [0.5, 0.6) is 5.75 Å². The van der Waals surface area contributed by atoms with Gasteiger partial charge in [0.1, 0.15) is 12.7 Å². The van der Waals surface area contributed by atoms with Crippen LogP contribution in [-0.2, 0) is 24.1 Å². The van der Waals surface area contributed by atoms with Crippen LogP contribution in [0.2, 0.25) is 0 Å². The van der Waals surface area contributed by atoms with E-state index in [0.29, 0.717) is 37.3 Å². The van der Waals surface area contributed by atoms with Gasteiger partial charge in [-0.25, -0.2) is 4.39 Å². The second-order valence-corrected chi connectivity index (χ2v) is 10.1. The third-order valence-electron chi connectivity index (χ3n) is 7.47. The van der Waals surface area contributed by atoms with Crippen molar-refractivity contribution in [1.29, 1.82) is 0 Å². The van der Waals surface area contributed by atoms with Crippen molar-refractivity contribution in [2.45, 2.75) is 83.3 Å². The molecule has 0 spiro atoms. The van der Waals surface area contributed by atoms with Crippen LogP contribution in [0, 0.1) is 17.6 Å². The van der Waals surface area contributed by atoms with E-state index in [0.717, 1.165) is 38.2 Å². The predicted molar refractivity (Wildman–Crippen MR) is 136 cm³/mol. The number of hydrogen-bond acceptors (Lipinski definition) is 4. The van der Waals surface area contributed by atoms with Gasteiger partial charge in [0, 0.05) is 18.5 Å². The molecule has 7 heteroatoms. The number of halogens is 2. The lowest BCUT2D eigenvalue weighted by Gasteiger charge is -2.36. The third-order valence-corrected chi connectivity index (χ3v) is 7.47. The molecule has 3 N–H and O–H groups in total. The van der Waals surface area contributed by atoms with Gasteiger partial charge >= 0.3 is 5.97 Å². The van der Waals surface area contributed by atoms with Crippen LogP contribution in [0.1, 0.15) is 69.1 Å². The van der Waals surface area contributed by atoms with Crippen molar-refractivity contribution in [2.24, 2.45) is 5.92 Å². The predicted octanol–water partition coefficient (Wildman–Crippen LogP) is 5.46. The lowest BCUT2D eigenvalue weighted by atomic mass is 9.81. The largest absolute Gasteiger partial charge is 0.488 e. The molecule has 1 aliphatic rings. The zero-order valence-corrected chi connectivity index (χ0v) is 21.4. The van der Waals surface area contributed by atoms with Gasteiger partial charge in [-0.1, -0.05) is 38.1 Å². The molecule has 1 aliphatic carbocycles. The molecule has 0 saturated carbocycles. The zero-order chi connectivity index (χ0) is 26.1. The summed E-state index contributed by atoms with van der Waals surface area (Å²) in [6, 6.07) is 11.1. The minimum Gasteiger partial charge on any atom is -0.488 e. The fraction of sp³-hybridized carbons (Fsp3) is 0.552. The molecule has 0 aromatic heterocycles. The standard InChI is InChI=1S/C29H39F2NO4/c1-3-29(4-2,17-21-13-22-10-6-7-11-23(22)14-21)32-18-24(33)19-36-26-16-20(15-25(30)28(26)31)9-5-8-12-27(34)35/h6-7,10-11,15-16,21,24,32-33H,3-5,8-9,12-14,17-19H2,1-2H3,(H,34,35)/t24-/m1/s1. The number of aliphatic hydroxyl groups excluding tert-OH is 1. The molecule has 0 aliphatic heterocycles. The Hall–Kier alpha value is -2.51. The lowest BCUT2D eigenvalue weighted by Crippen LogP contribution is -2.49. The normalized spacial score (nSPS) is 14.6. The Kier molecular flexibility index (Phi) is 10.3. The van der Waals surface area contributed by atoms with Gasteiger partial charge in [-0.15, -0.1) is 0 Å². The van der Waals surface area contributed by atoms with Crippen molar-refractivity contribution in [3.63, 3.8) is 0 Å². The second-order valence-electron chi connectivity index (χ2n) is 10.1. The Bertz CT molecular complexity index is 984. The van der Waals surface area contributed by atoms with Crippen LogP contribution in [-0.4, -0.2) is 41.0 Å². The van der Waals surface area contributed by atoms with Crippen LogP contribution < -0.4 is 10.1 Å². The van der Waals surface area contributed by atoms with Gasteiger partial charge in [-0.05, 0) is 86.1 Å². The van der Waals surface area contributed by atoms with Crippen LogP contribution in [0.25, 0.3) is 0 Å². The van der Waals surface area contributed by atoms with E-state index >= 15 is 0 Å². The molecule has 0 saturated heterocycles. The van der Waals surface area contributed by atoms with Crippen LogP contribution in [0.3, 0.4) is 0 Å². The van der Waals surface area contributed by atoms with E-state index in [-0.39, 0.29) is 24.3 Å². The topological polar surface area (TPSA) is 78.8 Å². The molecule has 3 rings (SSSR count). The van der Waals surface area contributed by atoms with Crippen molar-refractivity contribution < 1.29 is 28.5 Å². The van der Waals surface area contributed by atoms with Gasteiger partial charge < -0.3 is 20.3 Å². The quantitative estimate of drug-likeness (QED) is 0.282. The van der Waals surface area contributed by atoms with Gasteiger partial charge in [0.2, 0.25) is 5.82 Å². The molecule has 1 atom stereocenters. The molecule has 2 aromatic carbocycles. The SMILES string of the molecule is CCC(CC)(CC1Cc2ccccc2C1)NC[C@@H](O)COc1cc(CCCCC(=O)O)cc(F)c1F. The van der Waals surface area contributed by atoms with Gasteiger partial charge in [0.25, 0.3) is 0 Å². The summed E-state index contributed by atoms with van der Waals surface area (Å²) in [5.74, 6) is -2.65. The molecule has 0 radical (unpaired) electrons. The Morgan fingerprint density at radius 1 is 1.14 bits per heavy atom. The number of carboxylic acids is 1. The summed E-state index contributed by atoms with van der Waals surface area (Å²) < 4.78 is 33.8. The summed E-state index contributed by atoms with van der Waals surface area (Å²) in [4.78, 5) is 10.6. The van der Waals surface area contributed by atoms with Crippen molar-refractivity contribution in [1.82, 2.24) is 5.32 Å². The molecular formula is C29H39F2NO4. The molecule has 0 heterocycles. The number of carbonyl (C=O) groups is 1. The van der Waals surface area contributed by atoms with Crippen LogP contribution in [0.15, 0.2) is 36.4 Å². The Balaban J connectivity index is 1.51. The van der Waals surface area contributed by atoms with Crippen molar-refractivity contribution >= 4 is 5.97 Å². The van der Waals surface area contributed by atoms with E-state index in [9.17, 15) is 18.7 Å². The fourth-order valence-electron chi connectivity index (χ4n) is 5.26. The summed E-state index contributed by atoms with van der Waals surface area (Å²) in [5.41, 5.74) is 3.28. The highest BCUT2D eigenvalue weighted by Gasteiger charge is 2.32. The van der Waals surface area contributed by atoms with E-state index in [1.54, 1.807) is 0 Å². The summed E-state index contributed by atoms with van der Waals surface area (Å²) in [6.07, 6.45) is 5.58. The summed E-state index contributed by atoms with van der Waals surface area (Å²) in [6.45, 7) is 4.44. The molecular weight excluding hydrogens is 464 g/mol. The highest BCUT2D eigenvalue weighted by atomic mass is 19.2. The highest BCUT2D eigenvalue weighted by Crippen LogP contribution is 2.34. The number of aliphatic carboxylic acids is 1.